The van der Waals surface area contributed by atoms with Gasteiger partial charge in [-0.1, -0.05) is 6.08 Å². The number of ether oxygens (including phenoxy) is 2. The van der Waals surface area contributed by atoms with Crippen molar-refractivity contribution in [2.45, 2.75) is 58.5 Å². The third-order valence-electron chi connectivity index (χ3n) is 5.79. The summed E-state index contributed by atoms with van der Waals surface area (Å²) >= 11 is 0. The Bertz CT molecular complexity index is 1090. The first-order valence-electron chi connectivity index (χ1n) is 10.7. The average Bonchev–Trinajstić information content (AvgIpc) is 3.14. The number of halogens is 2. The number of alkyl halides is 2. The quantitative estimate of drug-likeness (QED) is 0.659. The molecule has 1 N–H and O–H groups in total. The van der Waals surface area contributed by atoms with E-state index in [1.165, 1.54) is 11.1 Å². The van der Waals surface area contributed by atoms with E-state index in [1.54, 1.807) is 45.9 Å². The fraction of sp³-hybridized carbons (Fsp3) is 0.522. The highest BCUT2D eigenvalue weighted by atomic mass is 19.3. The van der Waals surface area contributed by atoms with Crippen molar-refractivity contribution in [3.05, 3.63) is 35.5 Å². The number of benzene rings is 1. The van der Waals surface area contributed by atoms with Crippen LogP contribution in [0.15, 0.2) is 24.4 Å². The lowest BCUT2D eigenvalue weighted by Crippen LogP contribution is -2.50. The van der Waals surface area contributed by atoms with Crippen LogP contribution in [0.2, 0.25) is 0 Å². The molecular weight excluding hydrogens is 420 g/mol. The van der Waals surface area contributed by atoms with Crippen molar-refractivity contribution in [1.82, 2.24) is 15.1 Å². The normalized spacial score (nSPS) is 19.4. The molecule has 0 atom stereocenters. The van der Waals surface area contributed by atoms with Crippen molar-refractivity contribution in [2.75, 3.05) is 13.2 Å². The van der Waals surface area contributed by atoms with Gasteiger partial charge in [0, 0.05) is 35.8 Å². The molecule has 2 aromatic rings. The number of amides is 1. The number of nitrogens with zero attached hydrogens (tertiary/aromatic N) is 2. The maximum absolute atomic E-state index is 13.8. The standard InChI is InChI=1S/C23H27F2N3O4/c1-5-31-19(29)14-6-7-15(18-16(14)11-26-27-18)17-10-22(12-23(24,25)13-22)8-9-28(17)20(30)32-21(2,3)4/h6-7,10-11H,5,8-9,12-13H2,1-4H3,(H,26,27). The summed E-state index contributed by atoms with van der Waals surface area (Å²) in [6.45, 7) is 7.52. The van der Waals surface area contributed by atoms with Crippen molar-refractivity contribution < 1.29 is 27.8 Å². The van der Waals surface area contributed by atoms with Gasteiger partial charge in [-0.15, -0.1) is 0 Å². The first-order valence-corrected chi connectivity index (χ1v) is 10.7. The number of aromatic amines is 1. The Hall–Kier alpha value is -2.97. The van der Waals surface area contributed by atoms with Crippen molar-refractivity contribution in [3.8, 4) is 0 Å². The molecule has 1 aliphatic carbocycles. The lowest BCUT2D eigenvalue weighted by molar-refractivity contribution is -0.146. The van der Waals surface area contributed by atoms with Gasteiger partial charge in [0.05, 0.1) is 29.6 Å². The van der Waals surface area contributed by atoms with Gasteiger partial charge in [-0.2, -0.15) is 5.10 Å². The molecule has 1 fully saturated rings. The van der Waals surface area contributed by atoms with E-state index in [0.29, 0.717) is 34.1 Å². The minimum absolute atomic E-state index is 0.230. The molecule has 2 heterocycles. The summed E-state index contributed by atoms with van der Waals surface area (Å²) in [4.78, 5) is 26.8. The van der Waals surface area contributed by atoms with E-state index < -0.39 is 29.0 Å². The van der Waals surface area contributed by atoms with E-state index in [2.05, 4.69) is 10.2 Å². The molecule has 172 valence electrons. The number of rotatable bonds is 3. The number of esters is 1. The largest absolute Gasteiger partial charge is 0.462 e. The lowest BCUT2D eigenvalue weighted by Gasteiger charge is -2.49. The zero-order chi connectivity index (χ0) is 23.3. The van der Waals surface area contributed by atoms with Crippen LogP contribution in [-0.4, -0.2) is 51.8 Å². The van der Waals surface area contributed by atoms with Crippen LogP contribution in [-0.2, 0) is 9.47 Å². The first-order chi connectivity index (χ1) is 14.9. The van der Waals surface area contributed by atoms with Crippen LogP contribution in [0.5, 0.6) is 0 Å². The molecule has 0 radical (unpaired) electrons. The topological polar surface area (TPSA) is 84.5 Å². The molecule has 1 aliphatic heterocycles. The van der Waals surface area contributed by atoms with Crippen molar-refractivity contribution in [2.24, 2.45) is 5.41 Å². The second-order valence-corrected chi connectivity index (χ2v) is 9.52. The predicted octanol–water partition coefficient (Wildman–Crippen LogP) is 5.14. The SMILES string of the molecule is CCOC(=O)c1ccc(C2=CC3(CCN2C(=O)OC(C)(C)C)CC(F)(F)C3)c2[nH]ncc12. The number of hydrogen-bond acceptors (Lipinski definition) is 5. The molecule has 32 heavy (non-hydrogen) atoms. The van der Waals surface area contributed by atoms with E-state index in [0.717, 1.165) is 0 Å². The first kappa shape index (κ1) is 22.2. The Morgan fingerprint density at radius 3 is 2.59 bits per heavy atom. The Balaban J connectivity index is 1.80. The summed E-state index contributed by atoms with van der Waals surface area (Å²) in [6.07, 6.45) is 2.65. The number of hydrogen-bond donors (Lipinski definition) is 1. The van der Waals surface area contributed by atoms with Crippen molar-refractivity contribution in [3.63, 3.8) is 0 Å². The molecular formula is C23H27F2N3O4. The molecule has 1 spiro atoms. The Morgan fingerprint density at radius 1 is 1.25 bits per heavy atom. The van der Waals surface area contributed by atoms with Gasteiger partial charge in [0.25, 0.3) is 0 Å². The third-order valence-corrected chi connectivity index (χ3v) is 5.79. The second kappa shape index (κ2) is 7.56. The summed E-state index contributed by atoms with van der Waals surface area (Å²) in [7, 11) is 0. The highest BCUT2D eigenvalue weighted by Gasteiger charge is 2.56. The summed E-state index contributed by atoms with van der Waals surface area (Å²) < 4.78 is 38.3. The monoisotopic (exact) mass is 447 g/mol. The third kappa shape index (κ3) is 4.08. The van der Waals surface area contributed by atoms with Gasteiger partial charge in [0.1, 0.15) is 5.60 Å². The van der Waals surface area contributed by atoms with Crippen LogP contribution in [0.3, 0.4) is 0 Å². The van der Waals surface area contributed by atoms with Crippen LogP contribution in [0.1, 0.15) is 62.9 Å². The van der Waals surface area contributed by atoms with Crippen LogP contribution in [0, 0.1) is 5.41 Å². The smallest absolute Gasteiger partial charge is 0.414 e. The second-order valence-electron chi connectivity index (χ2n) is 9.52. The van der Waals surface area contributed by atoms with Gasteiger partial charge in [0.15, 0.2) is 0 Å². The molecule has 9 heteroatoms. The minimum atomic E-state index is -2.70. The number of aromatic nitrogens is 2. The van der Waals surface area contributed by atoms with Crippen LogP contribution < -0.4 is 0 Å². The maximum Gasteiger partial charge on any atom is 0.414 e. The molecule has 1 aromatic carbocycles. The highest BCUT2D eigenvalue weighted by molar-refractivity contribution is 6.06. The summed E-state index contributed by atoms with van der Waals surface area (Å²) in [5.74, 6) is -3.19. The minimum Gasteiger partial charge on any atom is -0.462 e. The molecule has 0 bridgehead atoms. The van der Waals surface area contributed by atoms with Gasteiger partial charge >= 0.3 is 12.1 Å². The molecule has 4 rings (SSSR count). The molecule has 1 saturated carbocycles. The van der Waals surface area contributed by atoms with E-state index in [4.69, 9.17) is 9.47 Å². The number of nitrogens with one attached hydrogen (secondary N) is 1. The van der Waals surface area contributed by atoms with Crippen LogP contribution in [0.4, 0.5) is 13.6 Å². The molecule has 0 saturated heterocycles. The number of allylic oxidation sites excluding steroid dienone is 1. The molecule has 2 aliphatic rings. The van der Waals surface area contributed by atoms with Gasteiger partial charge < -0.3 is 9.47 Å². The summed E-state index contributed by atoms with van der Waals surface area (Å²) in [6, 6.07) is 3.29. The van der Waals surface area contributed by atoms with Gasteiger partial charge in [0.2, 0.25) is 5.92 Å². The number of H-pyrrole nitrogens is 1. The van der Waals surface area contributed by atoms with E-state index >= 15 is 0 Å². The fourth-order valence-corrected chi connectivity index (χ4v) is 4.52. The van der Waals surface area contributed by atoms with Gasteiger partial charge in [-0.05, 0) is 46.2 Å². The molecule has 1 aromatic heterocycles. The predicted molar refractivity (Wildman–Crippen MR) is 114 cm³/mol. The van der Waals surface area contributed by atoms with Crippen molar-refractivity contribution >= 4 is 28.7 Å². The Morgan fingerprint density at radius 2 is 1.97 bits per heavy atom. The Labute approximate surface area is 184 Å². The summed E-state index contributed by atoms with van der Waals surface area (Å²) in [5.41, 5.74) is 0.542. The lowest BCUT2D eigenvalue weighted by atomic mass is 9.62. The van der Waals surface area contributed by atoms with Gasteiger partial charge in [-0.3, -0.25) is 10.00 Å². The highest BCUT2D eigenvalue weighted by Crippen LogP contribution is 2.57. The zero-order valence-electron chi connectivity index (χ0n) is 18.6. The number of carbonyl (C=O) groups excluding carboxylic acids is 2. The van der Waals surface area contributed by atoms with E-state index in [9.17, 15) is 18.4 Å². The maximum atomic E-state index is 13.8. The average molecular weight is 447 g/mol. The fourth-order valence-electron chi connectivity index (χ4n) is 4.52. The van der Waals surface area contributed by atoms with Gasteiger partial charge in [-0.25, -0.2) is 18.4 Å². The van der Waals surface area contributed by atoms with E-state index in [1.807, 2.05) is 0 Å². The number of carbonyl (C=O) groups is 2. The molecule has 7 nitrogen and oxygen atoms in total. The summed E-state index contributed by atoms with van der Waals surface area (Å²) in [5, 5.41) is 7.48. The van der Waals surface area contributed by atoms with Crippen molar-refractivity contribution in [1.29, 1.82) is 0 Å². The Kier molecular flexibility index (Phi) is 5.26. The van der Waals surface area contributed by atoms with Crippen LogP contribution >= 0.6 is 0 Å². The zero-order valence-corrected chi connectivity index (χ0v) is 18.6. The molecule has 1 amide bonds. The van der Waals surface area contributed by atoms with Crippen LogP contribution in [0.25, 0.3) is 16.6 Å². The molecule has 0 unspecified atom stereocenters. The number of fused-ring (bicyclic) bond motifs is 1. The van der Waals surface area contributed by atoms with E-state index in [-0.39, 0.29) is 26.0 Å².